The van der Waals surface area contributed by atoms with Crippen LogP contribution in [-0.2, 0) is 0 Å². The Kier molecular flexibility index (Phi) is 2.93. The zero-order valence-electron chi connectivity index (χ0n) is 7.17. The van der Waals surface area contributed by atoms with Gasteiger partial charge in [0.05, 0.1) is 0 Å². The van der Waals surface area contributed by atoms with Crippen molar-refractivity contribution in [3.05, 3.63) is 35.1 Å². The fourth-order valence-corrected chi connectivity index (χ4v) is 1.47. The van der Waals surface area contributed by atoms with Crippen LogP contribution in [0.25, 0.3) is 0 Å². The minimum Gasteiger partial charge on any atom is -0.207 e. The highest BCUT2D eigenvalue weighted by molar-refractivity contribution is 7.79. The molecular weight excluding hydrogens is 171 g/mol. The van der Waals surface area contributed by atoms with Crippen LogP contribution >= 0.6 is 12.2 Å². The van der Waals surface area contributed by atoms with Gasteiger partial charge in [-0.2, -0.15) is 0 Å². The van der Waals surface area contributed by atoms with Crippen molar-refractivity contribution >= 4 is 17.6 Å². The van der Waals surface area contributed by atoms with Gasteiger partial charge in [-0.05, 0) is 23.1 Å². The molecule has 0 amide bonds. The molecule has 0 N–H and O–H groups in total. The summed E-state index contributed by atoms with van der Waals surface area (Å²) in [6.45, 7) is 3.92. The average Bonchev–Trinajstić information content (AvgIpc) is 2.03. The Labute approximate surface area is 77.4 Å². The van der Waals surface area contributed by atoms with Gasteiger partial charge in [-0.15, -0.1) is 0 Å². The van der Waals surface area contributed by atoms with Crippen molar-refractivity contribution in [1.29, 1.82) is 0 Å². The van der Waals surface area contributed by atoms with Gasteiger partial charge >= 0.3 is 0 Å². The van der Waals surface area contributed by atoms with Gasteiger partial charge in [0, 0.05) is 5.37 Å². The summed E-state index contributed by atoms with van der Waals surface area (Å²) in [7, 11) is 0. The van der Waals surface area contributed by atoms with Crippen molar-refractivity contribution in [2.75, 3.05) is 0 Å². The van der Waals surface area contributed by atoms with Crippen LogP contribution in [-0.4, -0.2) is 5.37 Å². The molecule has 0 saturated heterocycles. The fraction of sp³-hybridized carbons (Fsp3) is 0.300. The van der Waals surface area contributed by atoms with Gasteiger partial charge in [-0.3, -0.25) is 0 Å². The molecule has 0 atom stereocenters. The highest BCUT2D eigenvalue weighted by atomic mass is 32.1. The van der Waals surface area contributed by atoms with Crippen LogP contribution in [0.3, 0.4) is 0 Å². The second-order valence-corrected chi connectivity index (χ2v) is 3.25. The maximum Gasteiger partial charge on any atom is 0.127 e. The van der Waals surface area contributed by atoms with E-state index in [2.05, 4.69) is 0 Å². The van der Waals surface area contributed by atoms with E-state index in [1.807, 2.05) is 19.9 Å². The van der Waals surface area contributed by atoms with Gasteiger partial charge < -0.3 is 0 Å². The van der Waals surface area contributed by atoms with E-state index in [-0.39, 0.29) is 11.7 Å². The molecule has 64 valence electrons. The van der Waals surface area contributed by atoms with Crippen molar-refractivity contribution in [2.24, 2.45) is 0 Å². The van der Waals surface area contributed by atoms with Crippen molar-refractivity contribution < 1.29 is 4.39 Å². The van der Waals surface area contributed by atoms with Gasteiger partial charge in [0.25, 0.3) is 0 Å². The number of hydrogen-bond donors (Lipinski definition) is 0. The minimum atomic E-state index is -0.163. The van der Waals surface area contributed by atoms with E-state index in [1.165, 1.54) is 11.4 Å². The summed E-state index contributed by atoms with van der Waals surface area (Å²) in [4.78, 5) is 0. The first-order valence-electron chi connectivity index (χ1n) is 3.90. The number of thiocarbonyl (C=S) groups is 1. The lowest BCUT2D eigenvalue weighted by atomic mass is 9.98. The third kappa shape index (κ3) is 1.69. The van der Waals surface area contributed by atoms with Gasteiger partial charge in [0.15, 0.2) is 0 Å². The van der Waals surface area contributed by atoms with Gasteiger partial charge in [-0.25, -0.2) is 4.39 Å². The topological polar surface area (TPSA) is 0 Å². The molecule has 1 aromatic carbocycles. The first-order chi connectivity index (χ1) is 5.66. The maximum atomic E-state index is 13.2. The molecule has 0 aromatic heterocycles. The van der Waals surface area contributed by atoms with Crippen molar-refractivity contribution in [1.82, 2.24) is 0 Å². The molecule has 0 radical (unpaired) electrons. The average molecular weight is 182 g/mol. The fourth-order valence-electron chi connectivity index (χ4n) is 1.27. The largest absolute Gasteiger partial charge is 0.207 e. The Bertz CT molecular complexity index is 292. The number of halogens is 1. The highest BCUT2D eigenvalue weighted by Gasteiger charge is 2.09. The molecular formula is C10H11FS. The standard InChI is InChI=1S/C10H11FS/c1-7(2)10-8(6-12)4-3-5-9(10)11/h3-7H,1-2H3. The van der Waals surface area contributed by atoms with Crippen molar-refractivity contribution in [3.8, 4) is 0 Å². The normalized spacial score (nSPS) is 10.3. The SMILES string of the molecule is CC(C)c1c(F)cccc1C=S. The second-order valence-electron chi connectivity index (χ2n) is 3.02. The van der Waals surface area contributed by atoms with E-state index in [0.717, 1.165) is 5.56 Å². The van der Waals surface area contributed by atoms with E-state index >= 15 is 0 Å². The summed E-state index contributed by atoms with van der Waals surface area (Å²) < 4.78 is 13.2. The van der Waals surface area contributed by atoms with E-state index < -0.39 is 0 Å². The van der Waals surface area contributed by atoms with E-state index in [0.29, 0.717) is 5.56 Å². The van der Waals surface area contributed by atoms with Crippen LogP contribution in [0.4, 0.5) is 4.39 Å². The van der Waals surface area contributed by atoms with E-state index in [4.69, 9.17) is 12.2 Å². The summed E-state index contributed by atoms with van der Waals surface area (Å²) in [6, 6.07) is 4.99. The lowest BCUT2D eigenvalue weighted by Gasteiger charge is -2.09. The summed E-state index contributed by atoms with van der Waals surface area (Å²) in [5.41, 5.74) is 1.53. The Hall–Kier alpha value is -0.760. The van der Waals surface area contributed by atoms with Crippen LogP contribution in [0.15, 0.2) is 18.2 Å². The molecule has 1 rings (SSSR count). The summed E-state index contributed by atoms with van der Waals surface area (Å²) >= 11 is 4.79. The molecule has 1 aromatic rings. The molecule has 0 unspecified atom stereocenters. The lowest BCUT2D eigenvalue weighted by Crippen LogP contribution is -1.98. The molecule has 0 aliphatic carbocycles. The zero-order chi connectivity index (χ0) is 9.14. The summed E-state index contributed by atoms with van der Waals surface area (Å²) in [6.07, 6.45) is 0. The molecule has 0 spiro atoms. The molecule has 0 bridgehead atoms. The molecule has 0 nitrogen and oxygen atoms in total. The zero-order valence-corrected chi connectivity index (χ0v) is 7.99. The third-order valence-corrected chi connectivity index (χ3v) is 2.04. The van der Waals surface area contributed by atoms with Gasteiger partial charge in [-0.1, -0.05) is 38.2 Å². The quantitative estimate of drug-likeness (QED) is 0.632. The lowest BCUT2D eigenvalue weighted by molar-refractivity contribution is 0.598. The predicted octanol–water partition coefficient (Wildman–Crippen LogP) is 3.30. The molecule has 0 heterocycles. The van der Waals surface area contributed by atoms with Crippen LogP contribution in [0, 0.1) is 5.82 Å². The number of hydrogen-bond acceptors (Lipinski definition) is 1. The Balaban J connectivity index is 3.29. The van der Waals surface area contributed by atoms with Crippen LogP contribution in [0.1, 0.15) is 30.9 Å². The first-order valence-corrected chi connectivity index (χ1v) is 4.37. The van der Waals surface area contributed by atoms with Gasteiger partial charge in [0.2, 0.25) is 0 Å². The van der Waals surface area contributed by atoms with E-state index in [1.54, 1.807) is 6.07 Å². The number of rotatable bonds is 2. The maximum absolute atomic E-state index is 13.2. The molecule has 2 heteroatoms. The molecule has 0 aliphatic heterocycles. The van der Waals surface area contributed by atoms with Crippen LogP contribution < -0.4 is 0 Å². The van der Waals surface area contributed by atoms with Gasteiger partial charge in [0.1, 0.15) is 5.82 Å². The third-order valence-electron chi connectivity index (χ3n) is 1.79. The van der Waals surface area contributed by atoms with Crippen LogP contribution in [0.2, 0.25) is 0 Å². The van der Waals surface area contributed by atoms with Crippen molar-refractivity contribution in [3.63, 3.8) is 0 Å². The van der Waals surface area contributed by atoms with E-state index in [9.17, 15) is 4.39 Å². The van der Waals surface area contributed by atoms with Crippen molar-refractivity contribution in [2.45, 2.75) is 19.8 Å². The molecule has 0 aliphatic rings. The minimum absolute atomic E-state index is 0.163. The number of benzene rings is 1. The molecule has 12 heavy (non-hydrogen) atoms. The smallest absolute Gasteiger partial charge is 0.127 e. The summed E-state index contributed by atoms with van der Waals surface area (Å²) in [5.74, 6) is 0.0176. The first kappa shape index (κ1) is 9.33. The molecule has 0 fully saturated rings. The monoisotopic (exact) mass is 182 g/mol. The van der Waals surface area contributed by atoms with Crippen LogP contribution in [0.5, 0.6) is 0 Å². The Morgan fingerprint density at radius 2 is 2.08 bits per heavy atom. The molecule has 0 saturated carbocycles. The highest BCUT2D eigenvalue weighted by Crippen LogP contribution is 2.21. The predicted molar refractivity (Wildman–Crippen MR) is 53.2 cm³/mol. The Morgan fingerprint density at radius 3 is 2.50 bits per heavy atom. The second kappa shape index (κ2) is 3.76. The Morgan fingerprint density at radius 1 is 1.42 bits per heavy atom. The summed E-state index contributed by atoms with van der Waals surface area (Å²) in [5, 5.41) is 1.53.